The second-order valence-corrected chi connectivity index (χ2v) is 9.28. The monoisotopic (exact) mass is 411 g/mol. The van der Waals surface area contributed by atoms with Gasteiger partial charge in [-0.15, -0.1) is 0 Å². The van der Waals surface area contributed by atoms with Crippen LogP contribution in [0.1, 0.15) is 29.2 Å². The van der Waals surface area contributed by atoms with E-state index in [1.807, 2.05) is 4.57 Å². The Hall–Kier alpha value is -2.09. The highest BCUT2D eigenvalue weighted by atomic mass is 19.1. The summed E-state index contributed by atoms with van der Waals surface area (Å²) >= 11 is 0. The van der Waals surface area contributed by atoms with Crippen LogP contribution in [0.15, 0.2) is 35.4 Å². The molecule has 2 saturated heterocycles. The van der Waals surface area contributed by atoms with Crippen LogP contribution in [0.5, 0.6) is 0 Å². The van der Waals surface area contributed by atoms with Crippen LogP contribution >= 0.6 is 0 Å². The summed E-state index contributed by atoms with van der Waals surface area (Å²) in [5.74, 6) is 0.549. The van der Waals surface area contributed by atoms with E-state index in [0.29, 0.717) is 18.4 Å². The Kier molecular flexibility index (Phi) is 5.43. The number of rotatable bonds is 4. The molecule has 3 aliphatic heterocycles. The lowest BCUT2D eigenvalue weighted by molar-refractivity contribution is 0.113. The Morgan fingerprint density at radius 3 is 2.67 bits per heavy atom. The molecule has 0 saturated carbocycles. The Labute approximate surface area is 176 Å². The second-order valence-electron chi connectivity index (χ2n) is 9.28. The number of hydrogen-bond donors (Lipinski definition) is 0. The molecule has 2 aromatic rings. The molecule has 2 fully saturated rings. The van der Waals surface area contributed by atoms with Crippen LogP contribution in [0.25, 0.3) is 0 Å². The van der Waals surface area contributed by atoms with E-state index in [9.17, 15) is 9.18 Å². The zero-order valence-corrected chi connectivity index (χ0v) is 17.6. The van der Waals surface area contributed by atoms with E-state index >= 15 is 0 Å². The first-order valence-corrected chi connectivity index (χ1v) is 11.0. The molecule has 2 aromatic heterocycles. The summed E-state index contributed by atoms with van der Waals surface area (Å²) in [6.45, 7) is 8.27. The number of piperazine rings is 1. The van der Waals surface area contributed by atoms with Crippen molar-refractivity contribution in [3.8, 4) is 0 Å². The standard InChI is InChI=1S/C23H30FN5O/c1-26-4-6-27(7-5-26)15-19-2-3-22-20-8-18(14-29(22)23(19)30)13-28(16-20)12-17-9-21(24)11-25-10-17/h2-3,9-11,18,20H,4-8,12-16H2,1H3/t18-,20+/m0/s1. The van der Waals surface area contributed by atoms with Crippen molar-refractivity contribution in [3.05, 3.63) is 63.6 Å². The maximum Gasteiger partial charge on any atom is 0.255 e. The highest BCUT2D eigenvalue weighted by Gasteiger charge is 2.35. The van der Waals surface area contributed by atoms with Crippen LogP contribution in [-0.2, 0) is 19.6 Å². The summed E-state index contributed by atoms with van der Waals surface area (Å²) in [6, 6.07) is 5.81. The van der Waals surface area contributed by atoms with Crippen molar-refractivity contribution in [2.45, 2.75) is 32.0 Å². The minimum atomic E-state index is -0.283. The van der Waals surface area contributed by atoms with Crippen molar-refractivity contribution in [3.63, 3.8) is 0 Å². The second kappa shape index (κ2) is 8.21. The summed E-state index contributed by atoms with van der Waals surface area (Å²) in [4.78, 5) is 24.4. The zero-order chi connectivity index (χ0) is 20.7. The molecule has 2 bridgehead atoms. The van der Waals surface area contributed by atoms with Gasteiger partial charge in [-0.1, -0.05) is 6.07 Å². The lowest BCUT2D eigenvalue weighted by Crippen LogP contribution is -2.48. The number of nitrogens with zero attached hydrogens (tertiary/aromatic N) is 5. The molecule has 7 heteroatoms. The fourth-order valence-corrected chi connectivity index (χ4v) is 5.39. The lowest BCUT2D eigenvalue weighted by Gasteiger charge is -2.43. The average molecular weight is 412 g/mol. The minimum Gasteiger partial charge on any atom is -0.312 e. The Morgan fingerprint density at radius 1 is 1.03 bits per heavy atom. The molecule has 0 aromatic carbocycles. The summed E-state index contributed by atoms with van der Waals surface area (Å²) in [7, 11) is 2.15. The van der Waals surface area contributed by atoms with Gasteiger partial charge in [-0.3, -0.25) is 19.6 Å². The number of halogens is 1. The Balaban J connectivity index is 1.31. The molecule has 6 nitrogen and oxygen atoms in total. The minimum absolute atomic E-state index is 0.198. The smallest absolute Gasteiger partial charge is 0.255 e. The van der Waals surface area contributed by atoms with Gasteiger partial charge >= 0.3 is 0 Å². The van der Waals surface area contributed by atoms with Gasteiger partial charge in [0.2, 0.25) is 0 Å². The average Bonchev–Trinajstić information content (AvgIpc) is 2.72. The first kappa shape index (κ1) is 19.8. The van der Waals surface area contributed by atoms with E-state index in [0.717, 1.165) is 69.9 Å². The summed E-state index contributed by atoms with van der Waals surface area (Å²) in [5.41, 5.74) is 3.20. The maximum absolute atomic E-state index is 13.5. The Morgan fingerprint density at radius 2 is 1.87 bits per heavy atom. The van der Waals surface area contributed by atoms with Crippen molar-refractivity contribution in [1.29, 1.82) is 0 Å². The fourth-order valence-electron chi connectivity index (χ4n) is 5.39. The van der Waals surface area contributed by atoms with E-state index in [1.54, 1.807) is 12.3 Å². The van der Waals surface area contributed by atoms with Gasteiger partial charge in [-0.2, -0.15) is 0 Å². The number of piperidine rings is 1. The third-order valence-electron chi connectivity index (χ3n) is 6.92. The largest absolute Gasteiger partial charge is 0.312 e. The predicted molar refractivity (Wildman–Crippen MR) is 114 cm³/mol. The van der Waals surface area contributed by atoms with Crippen molar-refractivity contribution < 1.29 is 4.39 Å². The number of aromatic nitrogens is 2. The van der Waals surface area contributed by atoms with Gasteiger partial charge in [-0.05, 0) is 37.1 Å². The van der Waals surface area contributed by atoms with Gasteiger partial charge in [0.1, 0.15) is 5.82 Å². The molecule has 2 atom stereocenters. The van der Waals surface area contributed by atoms with Crippen molar-refractivity contribution in [2.75, 3.05) is 46.3 Å². The SMILES string of the molecule is CN1CCN(Cc2ccc3n(c2=O)C[C@H]2C[C@@H]3CN(Cc3cncc(F)c3)C2)CC1. The molecule has 0 amide bonds. The number of hydrogen-bond acceptors (Lipinski definition) is 5. The predicted octanol–water partition coefficient (Wildman–Crippen LogP) is 1.75. The van der Waals surface area contributed by atoms with Crippen LogP contribution < -0.4 is 5.56 Å². The van der Waals surface area contributed by atoms with Gasteiger partial charge in [0.25, 0.3) is 5.56 Å². The fraction of sp³-hybridized carbons (Fsp3) is 0.565. The topological polar surface area (TPSA) is 44.6 Å². The molecule has 0 aliphatic carbocycles. The first-order chi connectivity index (χ1) is 14.5. The molecule has 5 heterocycles. The van der Waals surface area contributed by atoms with E-state index < -0.39 is 0 Å². The molecular weight excluding hydrogens is 381 g/mol. The number of pyridine rings is 2. The normalized spacial score (nSPS) is 25.3. The molecular formula is C23H30FN5O. The first-order valence-electron chi connectivity index (χ1n) is 11.0. The van der Waals surface area contributed by atoms with E-state index in [2.05, 4.69) is 38.9 Å². The van der Waals surface area contributed by atoms with Crippen molar-refractivity contribution in [1.82, 2.24) is 24.3 Å². The van der Waals surface area contributed by atoms with Gasteiger partial charge in [0.05, 0.1) is 6.20 Å². The highest BCUT2D eigenvalue weighted by molar-refractivity contribution is 5.23. The molecule has 0 unspecified atom stereocenters. The van der Waals surface area contributed by atoms with Crippen LogP contribution in [-0.4, -0.2) is 70.6 Å². The number of likely N-dealkylation sites (tertiary alicyclic amines) is 1. The lowest BCUT2D eigenvalue weighted by atomic mass is 9.83. The van der Waals surface area contributed by atoms with E-state index in [-0.39, 0.29) is 11.4 Å². The van der Waals surface area contributed by atoms with Gasteiger partial charge < -0.3 is 9.47 Å². The molecule has 160 valence electrons. The van der Waals surface area contributed by atoms with Gasteiger partial charge in [-0.25, -0.2) is 4.39 Å². The Bertz CT molecular complexity index is 968. The van der Waals surface area contributed by atoms with Gasteiger partial charge in [0, 0.05) is 82.3 Å². The molecule has 0 N–H and O–H groups in total. The summed E-state index contributed by atoms with van der Waals surface area (Å²) in [5, 5.41) is 0. The quantitative estimate of drug-likeness (QED) is 0.767. The molecule has 5 rings (SSSR count). The van der Waals surface area contributed by atoms with Crippen LogP contribution in [0.4, 0.5) is 4.39 Å². The molecule has 0 spiro atoms. The highest BCUT2D eigenvalue weighted by Crippen LogP contribution is 2.35. The van der Waals surface area contributed by atoms with Crippen LogP contribution in [0.2, 0.25) is 0 Å². The van der Waals surface area contributed by atoms with Crippen LogP contribution in [0.3, 0.4) is 0 Å². The van der Waals surface area contributed by atoms with E-state index in [1.165, 1.54) is 11.9 Å². The van der Waals surface area contributed by atoms with E-state index in [4.69, 9.17) is 0 Å². The molecule has 0 radical (unpaired) electrons. The van der Waals surface area contributed by atoms with Gasteiger partial charge in [0.15, 0.2) is 0 Å². The number of likely N-dealkylation sites (N-methyl/N-ethyl adjacent to an activating group) is 1. The number of fused-ring (bicyclic) bond motifs is 4. The van der Waals surface area contributed by atoms with Crippen molar-refractivity contribution >= 4 is 0 Å². The maximum atomic E-state index is 13.5. The van der Waals surface area contributed by atoms with Crippen molar-refractivity contribution in [2.24, 2.45) is 5.92 Å². The summed E-state index contributed by atoms with van der Waals surface area (Å²) < 4.78 is 15.5. The third kappa shape index (κ3) is 4.06. The summed E-state index contributed by atoms with van der Waals surface area (Å²) in [6.07, 6.45) is 4.13. The van der Waals surface area contributed by atoms with Crippen LogP contribution in [0, 0.1) is 11.7 Å². The zero-order valence-electron chi connectivity index (χ0n) is 17.6. The molecule has 30 heavy (non-hydrogen) atoms. The third-order valence-corrected chi connectivity index (χ3v) is 6.92. The molecule has 3 aliphatic rings.